The van der Waals surface area contributed by atoms with Crippen LogP contribution < -0.4 is 9.64 Å². The van der Waals surface area contributed by atoms with E-state index in [4.69, 9.17) is 4.74 Å². The highest BCUT2D eigenvalue weighted by Gasteiger charge is 2.09. The summed E-state index contributed by atoms with van der Waals surface area (Å²) in [4.78, 5) is 1.48. The molecule has 0 heterocycles. The molecule has 1 aromatic rings. The van der Waals surface area contributed by atoms with Crippen molar-refractivity contribution in [3.05, 3.63) is 54.6 Å². The third-order valence-corrected chi connectivity index (χ3v) is 3.59. The van der Waals surface area contributed by atoms with Crippen LogP contribution in [-0.4, -0.2) is 26.2 Å². The Hall–Kier alpha value is -1.54. The van der Waals surface area contributed by atoms with E-state index in [1.807, 2.05) is 12.2 Å². The summed E-state index contributed by atoms with van der Waals surface area (Å²) in [5.74, 6) is 1.53. The van der Waals surface area contributed by atoms with Crippen LogP contribution in [0.2, 0.25) is 0 Å². The van der Waals surface area contributed by atoms with Gasteiger partial charge in [-0.1, -0.05) is 39.1 Å². The van der Waals surface area contributed by atoms with Crippen LogP contribution in [0.15, 0.2) is 43.5 Å². The summed E-state index contributed by atoms with van der Waals surface area (Å²) in [6, 6.07) is 6.48. The van der Waals surface area contributed by atoms with Gasteiger partial charge in [0.2, 0.25) is 0 Å². The van der Waals surface area contributed by atoms with Crippen molar-refractivity contribution in [2.75, 3.05) is 26.2 Å². The quantitative estimate of drug-likeness (QED) is 0.516. The maximum absolute atomic E-state index is 6.02. The lowest BCUT2D eigenvalue weighted by Gasteiger charge is -2.17. The van der Waals surface area contributed by atoms with E-state index in [9.17, 15) is 0 Å². The van der Waals surface area contributed by atoms with E-state index in [1.54, 1.807) is 0 Å². The molecule has 116 valence electrons. The van der Waals surface area contributed by atoms with Crippen LogP contribution in [0.4, 0.5) is 0 Å². The largest absolute Gasteiger partial charge is 0.493 e. The van der Waals surface area contributed by atoms with Crippen molar-refractivity contribution in [3.63, 3.8) is 0 Å². The Morgan fingerprint density at radius 3 is 2.43 bits per heavy atom. The van der Waals surface area contributed by atoms with Crippen molar-refractivity contribution in [1.29, 1.82) is 0 Å². The van der Waals surface area contributed by atoms with Crippen molar-refractivity contribution in [2.24, 2.45) is 0 Å². The Labute approximate surface area is 130 Å². The van der Waals surface area contributed by atoms with Gasteiger partial charge in [-0.25, -0.2) is 0 Å². The van der Waals surface area contributed by atoms with Crippen molar-refractivity contribution in [3.8, 4) is 5.75 Å². The standard InChI is InChI=1S/C19H29NO/c1-6-11-20(12-7-2)13-8-14-21-19-15-17(5)9-10-18(19)16(3)4/h6-7,9-10,15-16H,1-2,8,11-14H2,3-5H3/p+1. The van der Waals surface area contributed by atoms with Gasteiger partial charge in [0.25, 0.3) is 0 Å². The van der Waals surface area contributed by atoms with Crippen LogP contribution >= 0.6 is 0 Å². The molecule has 0 fully saturated rings. The first-order chi connectivity index (χ1) is 10.1. The van der Waals surface area contributed by atoms with E-state index >= 15 is 0 Å². The lowest BCUT2D eigenvalue weighted by Crippen LogP contribution is -3.11. The van der Waals surface area contributed by atoms with Gasteiger partial charge in [0.15, 0.2) is 0 Å². The fraction of sp³-hybridized carbons (Fsp3) is 0.474. The Kier molecular flexibility index (Phi) is 7.84. The number of hydrogen-bond donors (Lipinski definition) is 1. The molecule has 0 aliphatic heterocycles. The third kappa shape index (κ3) is 6.17. The van der Waals surface area contributed by atoms with Gasteiger partial charge in [-0.05, 0) is 42.2 Å². The van der Waals surface area contributed by atoms with Crippen LogP contribution in [0.25, 0.3) is 0 Å². The number of hydrogen-bond acceptors (Lipinski definition) is 1. The second-order valence-electron chi connectivity index (χ2n) is 5.88. The molecule has 1 N–H and O–H groups in total. The molecule has 0 saturated heterocycles. The summed E-state index contributed by atoms with van der Waals surface area (Å²) in [7, 11) is 0. The number of benzene rings is 1. The smallest absolute Gasteiger partial charge is 0.123 e. The highest BCUT2D eigenvalue weighted by Crippen LogP contribution is 2.27. The monoisotopic (exact) mass is 288 g/mol. The topological polar surface area (TPSA) is 13.7 Å². The lowest BCUT2D eigenvalue weighted by atomic mass is 10.0. The molecule has 2 nitrogen and oxygen atoms in total. The van der Waals surface area contributed by atoms with Gasteiger partial charge in [0, 0.05) is 6.42 Å². The van der Waals surface area contributed by atoms with Gasteiger partial charge in [-0.3, -0.25) is 0 Å². The zero-order valence-electron chi connectivity index (χ0n) is 13.8. The minimum Gasteiger partial charge on any atom is -0.493 e. The van der Waals surface area contributed by atoms with Crippen LogP contribution in [0.5, 0.6) is 5.75 Å². The molecule has 0 saturated carbocycles. The zero-order valence-corrected chi connectivity index (χ0v) is 13.8. The highest BCUT2D eigenvalue weighted by molar-refractivity contribution is 5.39. The molecule has 0 spiro atoms. The molecule has 0 bridgehead atoms. The van der Waals surface area contributed by atoms with E-state index in [0.717, 1.165) is 38.4 Å². The highest BCUT2D eigenvalue weighted by atomic mass is 16.5. The normalized spacial score (nSPS) is 10.9. The third-order valence-electron chi connectivity index (χ3n) is 3.59. The second kappa shape index (κ2) is 9.41. The fourth-order valence-electron chi connectivity index (χ4n) is 2.44. The first kappa shape index (κ1) is 17.5. The molecule has 2 heteroatoms. The average molecular weight is 288 g/mol. The predicted octanol–water partition coefficient (Wildman–Crippen LogP) is 3.14. The average Bonchev–Trinajstić information content (AvgIpc) is 2.43. The first-order valence-electron chi connectivity index (χ1n) is 7.87. The Morgan fingerprint density at radius 2 is 1.86 bits per heavy atom. The second-order valence-corrected chi connectivity index (χ2v) is 5.88. The number of rotatable bonds is 10. The van der Waals surface area contributed by atoms with Crippen LogP contribution in [0, 0.1) is 6.92 Å². The van der Waals surface area contributed by atoms with Crippen molar-refractivity contribution in [1.82, 2.24) is 0 Å². The Balaban J connectivity index is 2.49. The molecule has 0 aromatic heterocycles. The molecule has 21 heavy (non-hydrogen) atoms. The molecule has 0 radical (unpaired) electrons. The lowest BCUT2D eigenvalue weighted by molar-refractivity contribution is -0.888. The molecule has 0 amide bonds. The number of quaternary nitrogens is 1. The Bertz CT molecular complexity index is 441. The van der Waals surface area contributed by atoms with E-state index in [1.165, 1.54) is 16.0 Å². The van der Waals surface area contributed by atoms with Crippen LogP contribution in [0.1, 0.15) is 37.3 Å². The molecule has 1 aromatic carbocycles. The maximum Gasteiger partial charge on any atom is 0.123 e. The Morgan fingerprint density at radius 1 is 1.19 bits per heavy atom. The summed E-state index contributed by atoms with van der Waals surface area (Å²) < 4.78 is 6.02. The summed E-state index contributed by atoms with van der Waals surface area (Å²) in [6.07, 6.45) is 4.98. The summed E-state index contributed by atoms with van der Waals surface area (Å²) >= 11 is 0. The molecule has 0 aliphatic carbocycles. The summed E-state index contributed by atoms with van der Waals surface area (Å²) in [5.41, 5.74) is 2.54. The van der Waals surface area contributed by atoms with Gasteiger partial charge in [0.1, 0.15) is 5.75 Å². The van der Waals surface area contributed by atoms with E-state index in [2.05, 4.69) is 52.1 Å². The predicted molar refractivity (Wildman–Crippen MR) is 91.3 cm³/mol. The molecule has 1 rings (SSSR count). The maximum atomic E-state index is 6.02. The molecule has 0 aliphatic rings. The summed E-state index contributed by atoms with van der Waals surface area (Å²) in [6.45, 7) is 18.0. The SMILES string of the molecule is C=CC[NH+](CC=C)CCCOc1cc(C)ccc1C(C)C. The van der Waals surface area contributed by atoms with Crippen LogP contribution in [0.3, 0.4) is 0 Å². The number of nitrogens with one attached hydrogen (secondary N) is 1. The van der Waals surface area contributed by atoms with Gasteiger partial charge in [-0.15, -0.1) is 0 Å². The van der Waals surface area contributed by atoms with Crippen molar-refractivity contribution < 1.29 is 9.64 Å². The zero-order chi connectivity index (χ0) is 15.7. The van der Waals surface area contributed by atoms with Gasteiger partial charge < -0.3 is 9.64 Å². The minimum absolute atomic E-state index is 0.490. The molecular weight excluding hydrogens is 258 g/mol. The first-order valence-corrected chi connectivity index (χ1v) is 7.87. The van der Waals surface area contributed by atoms with Gasteiger partial charge in [0.05, 0.1) is 26.2 Å². The molecular formula is C19H30NO+. The van der Waals surface area contributed by atoms with Gasteiger partial charge in [-0.2, -0.15) is 0 Å². The van der Waals surface area contributed by atoms with E-state index in [-0.39, 0.29) is 0 Å². The van der Waals surface area contributed by atoms with Crippen LogP contribution in [-0.2, 0) is 0 Å². The number of ether oxygens (including phenoxy) is 1. The van der Waals surface area contributed by atoms with E-state index in [0.29, 0.717) is 5.92 Å². The minimum atomic E-state index is 0.490. The van der Waals surface area contributed by atoms with E-state index < -0.39 is 0 Å². The molecule has 0 atom stereocenters. The van der Waals surface area contributed by atoms with Crippen molar-refractivity contribution in [2.45, 2.75) is 33.1 Å². The fourth-order valence-corrected chi connectivity index (χ4v) is 2.44. The van der Waals surface area contributed by atoms with Crippen molar-refractivity contribution >= 4 is 0 Å². The number of aryl methyl sites for hydroxylation is 1. The van der Waals surface area contributed by atoms with Gasteiger partial charge >= 0.3 is 0 Å². The summed E-state index contributed by atoms with van der Waals surface area (Å²) in [5, 5.41) is 0. The molecule has 0 unspecified atom stereocenters.